The van der Waals surface area contributed by atoms with Crippen LogP contribution in [0.15, 0.2) is 39.5 Å². The molecule has 90 valence electrons. The van der Waals surface area contributed by atoms with E-state index in [1.165, 1.54) is 0 Å². The lowest BCUT2D eigenvalue weighted by atomic mass is 10.2. The summed E-state index contributed by atoms with van der Waals surface area (Å²) in [7, 11) is 0. The van der Waals surface area contributed by atoms with Gasteiger partial charge in [-0.15, -0.1) is 0 Å². The van der Waals surface area contributed by atoms with E-state index in [9.17, 15) is 4.79 Å². The Morgan fingerprint density at radius 2 is 1.88 bits per heavy atom. The van der Waals surface area contributed by atoms with E-state index >= 15 is 0 Å². The first kappa shape index (κ1) is 11.9. The van der Waals surface area contributed by atoms with Gasteiger partial charge in [0.15, 0.2) is 5.43 Å². The highest BCUT2D eigenvalue weighted by molar-refractivity contribution is 5.76. The summed E-state index contributed by atoms with van der Waals surface area (Å²) in [5.41, 5.74) is 0.705. The van der Waals surface area contributed by atoms with E-state index in [1.54, 1.807) is 12.1 Å². The van der Waals surface area contributed by atoms with Crippen LogP contribution in [-0.4, -0.2) is 18.0 Å². The predicted octanol–water partition coefficient (Wildman–Crippen LogP) is 2.63. The van der Waals surface area contributed by atoms with Crippen LogP contribution in [0.4, 0.5) is 0 Å². The normalized spacial score (nSPS) is 11.2. The molecule has 0 fully saturated rings. The molecule has 0 atom stereocenters. The van der Waals surface area contributed by atoms with Crippen LogP contribution in [0, 0.1) is 0 Å². The average Bonchev–Trinajstić information content (AvgIpc) is 2.36. The lowest BCUT2D eigenvalue weighted by Crippen LogP contribution is -2.22. The van der Waals surface area contributed by atoms with Gasteiger partial charge >= 0.3 is 0 Å². The zero-order valence-electron chi connectivity index (χ0n) is 10.3. The number of hydrogen-bond acceptors (Lipinski definition) is 3. The van der Waals surface area contributed by atoms with Crippen LogP contribution in [0.3, 0.4) is 0 Å². The first-order valence-electron chi connectivity index (χ1n) is 5.98. The molecule has 0 aliphatic rings. The molecule has 0 amide bonds. The summed E-state index contributed by atoms with van der Waals surface area (Å²) in [5, 5.41) is 0.649. The Morgan fingerprint density at radius 1 is 1.18 bits per heavy atom. The smallest absolute Gasteiger partial charge is 0.192 e. The van der Waals surface area contributed by atoms with Crippen molar-refractivity contribution in [1.82, 2.24) is 4.90 Å². The predicted molar refractivity (Wildman–Crippen MR) is 69.1 cm³/mol. The number of nitrogens with zero attached hydrogens (tertiary/aromatic N) is 1. The van der Waals surface area contributed by atoms with Crippen molar-refractivity contribution < 1.29 is 4.42 Å². The van der Waals surface area contributed by atoms with Crippen LogP contribution < -0.4 is 5.43 Å². The Balaban J connectivity index is 2.40. The van der Waals surface area contributed by atoms with E-state index < -0.39 is 0 Å². The van der Waals surface area contributed by atoms with Crippen molar-refractivity contribution in [3.8, 4) is 0 Å². The van der Waals surface area contributed by atoms with E-state index in [1.807, 2.05) is 18.2 Å². The molecule has 17 heavy (non-hydrogen) atoms. The molecule has 0 N–H and O–H groups in total. The Kier molecular flexibility index (Phi) is 3.59. The Morgan fingerprint density at radius 3 is 2.59 bits per heavy atom. The van der Waals surface area contributed by atoms with Gasteiger partial charge < -0.3 is 4.42 Å². The van der Waals surface area contributed by atoms with E-state index in [0.717, 1.165) is 18.8 Å². The molecule has 0 unspecified atom stereocenters. The van der Waals surface area contributed by atoms with Crippen molar-refractivity contribution >= 4 is 11.0 Å². The van der Waals surface area contributed by atoms with Gasteiger partial charge in [-0.25, -0.2) is 0 Å². The van der Waals surface area contributed by atoms with Crippen molar-refractivity contribution in [2.24, 2.45) is 0 Å². The summed E-state index contributed by atoms with van der Waals surface area (Å²) in [6.45, 7) is 6.79. The second kappa shape index (κ2) is 5.15. The highest BCUT2D eigenvalue weighted by atomic mass is 16.3. The Hall–Kier alpha value is -1.61. The topological polar surface area (TPSA) is 33.5 Å². The van der Waals surface area contributed by atoms with Crippen LogP contribution in [0.1, 0.15) is 19.6 Å². The fourth-order valence-corrected chi connectivity index (χ4v) is 1.90. The first-order chi connectivity index (χ1) is 8.24. The zero-order chi connectivity index (χ0) is 12.3. The van der Waals surface area contributed by atoms with Crippen molar-refractivity contribution in [2.75, 3.05) is 13.1 Å². The quantitative estimate of drug-likeness (QED) is 0.811. The average molecular weight is 231 g/mol. The number of hydrogen-bond donors (Lipinski definition) is 0. The van der Waals surface area contributed by atoms with Crippen LogP contribution in [-0.2, 0) is 6.54 Å². The van der Waals surface area contributed by atoms with Crippen molar-refractivity contribution in [2.45, 2.75) is 20.4 Å². The van der Waals surface area contributed by atoms with Crippen LogP contribution >= 0.6 is 0 Å². The lowest BCUT2D eigenvalue weighted by molar-refractivity contribution is 0.270. The summed E-state index contributed by atoms with van der Waals surface area (Å²) in [6, 6.07) is 8.96. The molecule has 1 heterocycles. The van der Waals surface area contributed by atoms with E-state index in [-0.39, 0.29) is 5.43 Å². The van der Waals surface area contributed by atoms with Gasteiger partial charge in [-0.05, 0) is 25.2 Å². The van der Waals surface area contributed by atoms with Gasteiger partial charge in [0, 0.05) is 6.07 Å². The number of rotatable bonds is 4. The summed E-state index contributed by atoms with van der Waals surface area (Å²) >= 11 is 0. The molecule has 1 aromatic carbocycles. The third-order valence-electron chi connectivity index (χ3n) is 2.96. The number of fused-ring (bicyclic) bond motifs is 1. The van der Waals surface area contributed by atoms with Gasteiger partial charge in [0.1, 0.15) is 11.3 Å². The molecule has 0 aliphatic heterocycles. The molecule has 0 bridgehead atoms. The molecule has 0 radical (unpaired) electrons. The van der Waals surface area contributed by atoms with Crippen molar-refractivity contribution in [3.05, 3.63) is 46.3 Å². The molecule has 0 saturated carbocycles. The van der Waals surface area contributed by atoms with Crippen LogP contribution in [0.5, 0.6) is 0 Å². The fraction of sp³-hybridized carbons (Fsp3) is 0.357. The van der Waals surface area contributed by atoms with Gasteiger partial charge in [-0.2, -0.15) is 0 Å². The molecule has 3 heteroatoms. The molecule has 0 spiro atoms. The summed E-state index contributed by atoms with van der Waals surface area (Å²) in [5.74, 6) is 0.734. The molecule has 0 aliphatic carbocycles. The highest BCUT2D eigenvalue weighted by Crippen LogP contribution is 2.12. The summed E-state index contributed by atoms with van der Waals surface area (Å²) in [4.78, 5) is 14.1. The third kappa shape index (κ3) is 2.56. The largest absolute Gasteiger partial charge is 0.459 e. The molecule has 1 aromatic heterocycles. The van der Waals surface area contributed by atoms with Crippen LogP contribution in [0.2, 0.25) is 0 Å². The molecular weight excluding hydrogens is 214 g/mol. The van der Waals surface area contributed by atoms with E-state index in [0.29, 0.717) is 17.5 Å². The van der Waals surface area contributed by atoms with Gasteiger partial charge in [0.25, 0.3) is 0 Å². The second-order valence-corrected chi connectivity index (χ2v) is 4.03. The van der Waals surface area contributed by atoms with Gasteiger partial charge in [-0.1, -0.05) is 26.0 Å². The summed E-state index contributed by atoms with van der Waals surface area (Å²) in [6.07, 6.45) is 0. The lowest BCUT2D eigenvalue weighted by Gasteiger charge is -2.16. The molecule has 0 saturated heterocycles. The second-order valence-electron chi connectivity index (χ2n) is 4.03. The van der Waals surface area contributed by atoms with Gasteiger partial charge in [-0.3, -0.25) is 9.69 Å². The minimum absolute atomic E-state index is 0.0361. The Bertz CT molecular complexity index is 555. The van der Waals surface area contributed by atoms with Gasteiger partial charge in [0.2, 0.25) is 0 Å². The van der Waals surface area contributed by atoms with Gasteiger partial charge in [0.05, 0.1) is 11.9 Å². The Labute approximate surface area is 101 Å². The zero-order valence-corrected chi connectivity index (χ0v) is 10.3. The number of para-hydroxylation sites is 1. The molecule has 2 aromatic rings. The maximum absolute atomic E-state index is 11.9. The molecule has 3 nitrogen and oxygen atoms in total. The van der Waals surface area contributed by atoms with Crippen LogP contribution in [0.25, 0.3) is 11.0 Å². The van der Waals surface area contributed by atoms with Crippen molar-refractivity contribution in [1.29, 1.82) is 0 Å². The highest BCUT2D eigenvalue weighted by Gasteiger charge is 2.07. The fourth-order valence-electron chi connectivity index (χ4n) is 1.90. The maximum atomic E-state index is 11.9. The molecular formula is C14H17NO2. The third-order valence-corrected chi connectivity index (χ3v) is 2.96. The molecule has 2 rings (SSSR count). The summed E-state index contributed by atoms with van der Waals surface area (Å²) < 4.78 is 5.74. The monoisotopic (exact) mass is 231 g/mol. The number of benzene rings is 1. The first-order valence-corrected chi connectivity index (χ1v) is 5.98. The van der Waals surface area contributed by atoms with Crippen molar-refractivity contribution in [3.63, 3.8) is 0 Å². The maximum Gasteiger partial charge on any atom is 0.192 e. The minimum Gasteiger partial charge on any atom is -0.459 e. The standard InChI is InChI=1S/C14H17NO2/c1-3-15(4-2)10-11-9-13(16)12-7-5-6-8-14(12)17-11/h5-9H,3-4,10H2,1-2H3. The van der Waals surface area contributed by atoms with E-state index in [4.69, 9.17) is 4.42 Å². The van der Waals surface area contributed by atoms with E-state index in [2.05, 4.69) is 18.7 Å². The minimum atomic E-state index is 0.0361. The SMILES string of the molecule is CCN(CC)Cc1cc(=O)c2ccccc2o1.